The van der Waals surface area contributed by atoms with Gasteiger partial charge in [-0.15, -0.1) is 0 Å². The summed E-state index contributed by atoms with van der Waals surface area (Å²) in [6.07, 6.45) is -0.365. The fraction of sp³-hybridized carbons (Fsp3) is 0.571. The average molecular weight is 453 g/mol. The van der Waals surface area contributed by atoms with Gasteiger partial charge in [-0.05, 0) is 41.0 Å². The second-order valence-electron chi connectivity index (χ2n) is 8.72. The van der Waals surface area contributed by atoms with Crippen LogP contribution in [0.5, 0.6) is 5.75 Å². The van der Waals surface area contributed by atoms with Crippen molar-refractivity contribution in [2.24, 2.45) is 0 Å². The van der Waals surface area contributed by atoms with E-state index in [4.69, 9.17) is 9.47 Å². The van der Waals surface area contributed by atoms with Crippen molar-refractivity contribution in [3.8, 4) is 5.75 Å². The molecule has 0 atom stereocenters. The summed E-state index contributed by atoms with van der Waals surface area (Å²) in [4.78, 5) is 48.7. The summed E-state index contributed by atoms with van der Waals surface area (Å²) >= 11 is 0. The molecule has 0 radical (unpaired) electrons. The first-order valence-corrected chi connectivity index (χ1v) is 9.86. The lowest BCUT2D eigenvalue weighted by molar-refractivity contribution is -0.384. The molecule has 0 aliphatic carbocycles. The van der Waals surface area contributed by atoms with Crippen LogP contribution in [0, 0.1) is 10.1 Å². The van der Waals surface area contributed by atoms with Crippen LogP contribution in [0.2, 0.25) is 0 Å². The van der Waals surface area contributed by atoms with E-state index >= 15 is 0 Å². The monoisotopic (exact) mass is 453 g/mol. The number of ether oxygens (including phenoxy) is 3. The Kier molecular flexibility index (Phi) is 8.58. The zero-order chi connectivity index (χ0) is 24.9. The maximum Gasteiger partial charge on any atom is 0.408 e. The third kappa shape index (κ3) is 7.40. The van der Waals surface area contributed by atoms with Crippen molar-refractivity contribution < 1.29 is 33.5 Å². The maximum absolute atomic E-state index is 12.4. The number of nitro groups is 1. The van der Waals surface area contributed by atoms with Crippen LogP contribution in [0.4, 0.5) is 16.2 Å². The van der Waals surface area contributed by atoms with Gasteiger partial charge in [0.1, 0.15) is 22.6 Å². The van der Waals surface area contributed by atoms with Gasteiger partial charge in [-0.2, -0.15) is 0 Å². The highest BCUT2D eigenvalue weighted by Crippen LogP contribution is 2.36. The lowest BCUT2D eigenvalue weighted by Gasteiger charge is -2.31. The van der Waals surface area contributed by atoms with Crippen molar-refractivity contribution >= 4 is 29.3 Å². The molecule has 1 rings (SSSR count). The van der Waals surface area contributed by atoms with Gasteiger partial charge in [0.25, 0.3) is 5.69 Å². The van der Waals surface area contributed by atoms with Gasteiger partial charge in [-0.3, -0.25) is 14.9 Å². The first kappa shape index (κ1) is 26.7. The van der Waals surface area contributed by atoms with Crippen molar-refractivity contribution in [3.63, 3.8) is 0 Å². The largest absolute Gasteiger partial charge is 0.496 e. The standard InChI is InChI=1S/C21H31N3O8/c1-13(25)23(10-9-21(5,6)22-19(27)32-20(2,3)4)15-12-17(30-7)14(18(26)31-8)11-16(15)24(28)29/h11-12H,9-10H2,1-8H3,(H,22,27). The number of anilines is 1. The molecule has 32 heavy (non-hydrogen) atoms. The van der Waals surface area contributed by atoms with Crippen LogP contribution in [-0.2, 0) is 14.3 Å². The fourth-order valence-electron chi connectivity index (χ4n) is 2.84. The van der Waals surface area contributed by atoms with E-state index in [0.29, 0.717) is 0 Å². The van der Waals surface area contributed by atoms with Gasteiger partial charge in [0.15, 0.2) is 0 Å². The van der Waals surface area contributed by atoms with E-state index < -0.39 is 39.7 Å². The SMILES string of the molecule is COC(=O)c1cc([N+](=O)[O-])c(N(CCC(C)(C)NC(=O)OC(C)(C)C)C(C)=O)cc1OC. The molecular formula is C21H31N3O8. The van der Waals surface area contributed by atoms with E-state index in [2.05, 4.69) is 10.1 Å². The predicted octanol–water partition coefficient (Wildman–Crippen LogP) is 3.44. The third-order valence-electron chi connectivity index (χ3n) is 4.37. The molecule has 0 unspecified atom stereocenters. The van der Waals surface area contributed by atoms with Gasteiger partial charge in [-0.1, -0.05) is 0 Å². The van der Waals surface area contributed by atoms with E-state index in [9.17, 15) is 24.5 Å². The van der Waals surface area contributed by atoms with Crippen LogP contribution in [-0.4, -0.2) is 54.8 Å². The summed E-state index contributed by atoms with van der Waals surface area (Å²) < 4.78 is 15.1. The first-order valence-electron chi connectivity index (χ1n) is 9.86. The Morgan fingerprint density at radius 3 is 2.16 bits per heavy atom. The summed E-state index contributed by atoms with van der Waals surface area (Å²) in [5.74, 6) is -1.25. The second-order valence-corrected chi connectivity index (χ2v) is 8.72. The number of esters is 1. The zero-order valence-electron chi connectivity index (χ0n) is 19.7. The summed E-state index contributed by atoms with van der Waals surface area (Å²) in [5, 5.41) is 14.4. The van der Waals surface area contributed by atoms with Gasteiger partial charge >= 0.3 is 12.1 Å². The average Bonchev–Trinajstić information content (AvgIpc) is 2.64. The number of nitrogens with one attached hydrogen (secondary N) is 1. The molecule has 11 nitrogen and oxygen atoms in total. The first-order chi connectivity index (χ1) is 14.6. The van der Waals surface area contributed by atoms with Crippen LogP contribution in [0.25, 0.3) is 0 Å². The van der Waals surface area contributed by atoms with Crippen molar-refractivity contribution in [1.82, 2.24) is 5.32 Å². The van der Waals surface area contributed by atoms with E-state index in [-0.39, 0.29) is 30.0 Å². The molecule has 1 aromatic carbocycles. The summed E-state index contributed by atoms with van der Waals surface area (Å²) in [7, 11) is 2.44. The number of rotatable bonds is 8. The van der Waals surface area contributed by atoms with Crippen LogP contribution < -0.4 is 15.0 Å². The zero-order valence-corrected chi connectivity index (χ0v) is 19.7. The molecule has 0 heterocycles. The number of carbonyl (C=O) groups is 3. The predicted molar refractivity (Wildman–Crippen MR) is 117 cm³/mol. The minimum absolute atomic E-state index is 0.0230. The Morgan fingerprint density at radius 2 is 1.72 bits per heavy atom. The Morgan fingerprint density at radius 1 is 1.12 bits per heavy atom. The number of nitrogens with zero attached hydrogens (tertiary/aromatic N) is 2. The number of hydrogen-bond donors (Lipinski definition) is 1. The number of nitro benzene ring substituents is 1. The van der Waals surface area contributed by atoms with E-state index in [1.54, 1.807) is 34.6 Å². The van der Waals surface area contributed by atoms with Crippen LogP contribution in [0.15, 0.2) is 12.1 Å². The third-order valence-corrected chi connectivity index (χ3v) is 4.37. The van der Waals surface area contributed by atoms with Gasteiger partial charge < -0.3 is 24.4 Å². The van der Waals surface area contributed by atoms with Crippen LogP contribution in [0.3, 0.4) is 0 Å². The molecule has 0 aromatic heterocycles. The molecular weight excluding hydrogens is 422 g/mol. The lowest BCUT2D eigenvalue weighted by atomic mass is 10.00. The molecule has 0 fully saturated rings. The molecule has 11 heteroatoms. The molecule has 0 spiro atoms. The molecule has 1 aromatic rings. The number of benzene rings is 1. The molecule has 1 N–H and O–H groups in total. The molecule has 0 saturated heterocycles. The lowest BCUT2D eigenvalue weighted by Crippen LogP contribution is -2.48. The highest BCUT2D eigenvalue weighted by atomic mass is 16.6. The topological polar surface area (TPSA) is 137 Å². The maximum atomic E-state index is 12.4. The van der Waals surface area contributed by atoms with Crippen molar-refractivity contribution in [3.05, 3.63) is 27.8 Å². The fourth-order valence-corrected chi connectivity index (χ4v) is 2.84. The van der Waals surface area contributed by atoms with Gasteiger partial charge in [0.05, 0.1) is 19.1 Å². The minimum atomic E-state index is -0.812. The van der Waals surface area contributed by atoms with Crippen molar-refractivity contribution in [1.29, 1.82) is 0 Å². The number of carbonyl (C=O) groups excluding carboxylic acids is 3. The molecule has 0 aliphatic rings. The second kappa shape index (κ2) is 10.3. The van der Waals surface area contributed by atoms with E-state index in [1.807, 2.05) is 0 Å². The van der Waals surface area contributed by atoms with Crippen LogP contribution >= 0.6 is 0 Å². The van der Waals surface area contributed by atoms with Crippen molar-refractivity contribution in [2.45, 2.75) is 59.1 Å². The molecule has 0 aliphatic heterocycles. The summed E-state index contributed by atoms with van der Waals surface area (Å²) in [6.45, 7) is 10.00. The highest BCUT2D eigenvalue weighted by Gasteiger charge is 2.30. The normalized spacial score (nSPS) is 11.4. The Balaban J connectivity index is 3.26. The molecule has 0 bridgehead atoms. The Hall–Kier alpha value is -3.37. The quantitative estimate of drug-likeness (QED) is 0.359. The van der Waals surface area contributed by atoms with Crippen LogP contribution in [0.1, 0.15) is 58.3 Å². The Labute approximate surface area is 187 Å². The summed E-state index contributed by atoms with van der Waals surface area (Å²) in [6, 6.07) is 2.26. The number of alkyl carbamates (subject to hydrolysis) is 1. The van der Waals surface area contributed by atoms with Gasteiger partial charge in [0, 0.05) is 31.1 Å². The number of hydrogen-bond acceptors (Lipinski definition) is 8. The number of methoxy groups -OCH3 is 2. The number of amides is 2. The van der Waals surface area contributed by atoms with E-state index in [1.165, 1.54) is 25.0 Å². The smallest absolute Gasteiger partial charge is 0.408 e. The van der Waals surface area contributed by atoms with Gasteiger partial charge in [-0.25, -0.2) is 9.59 Å². The molecule has 0 saturated carbocycles. The van der Waals surface area contributed by atoms with E-state index in [0.717, 1.165) is 13.2 Å². The highest BCUT2D eigenvalue weighted by molar-refractivity contribution is 5.98. The molecule has 178 valence electrons. The Bertz CT molecular complexity index is 890. The minimum Gasteiger partial charge on any atom is -0.496 e. The van der Waals surface area contributed by atoms with Gasteiger partial charge in [0.2, 0.25) is 5.91 Å². The van der Waals surface area contributed by atoms with Crippen molar-refractivity contribution in [2.75, 3.05) is 25.7 Å². The molecule has 2 amide bonds. The summed E-state index contributed by atoms with van der Waals surface area (Å²) in [5.41, 5.74) is -2.11.